The Labute approximate surface area is 87.8 Å². The monoisotopic (exact) mass is 335 g/mol. The molecule has 0 unspecified atom stereocenters. The van der Waals surface area contributed by atoms with Crippen molar-refractivity contribution in [2.75, 3.05) is 0 Å². The molecule has 0 aromatic rings. The van der Waals surface area contributed by atoms with Gasteiger partial charge in [0.05, 0.1) is 0 Å². The summed E-state index contributed by atoms with van der Waals surface area (Å²) >= 11 is 0. The van der Waals surface area contributed by atoms with Crippen molar-refractivity contribution in [3.63, 3.8) is 0 Å². The summed E-state index contributed by atoms with van der Waals surface area (Å²) in [7, 11) is -4.64. The molecule has 0 fully saturated rings. The topological polar surface area (TPSA) is 77.8 Å². The van der Waals surface area contributed by atoms with Crippen molar-refractivity contribution in [3.8, 4) is 0 Å². The van der Waals surface area contributed by atoms with Gasteiger partial charge in [-0.25, -0.2) is 4.57 Å². The van der Waals surface area contributed by atoms with Crippen molar-refractivity contribution in [3.05, 3.63) is 0 Å². The van der Waals surface area contributed by atoms with Crippen LogP contribution in [0.4, 0.5) is 0 Å². The van der Waals surface area contributed by atoms with Gasteiger partial charge in [-0.3, -0.25) is 0 Å². The first-order chi connectivity index (χ1) is 2.00. The van der Waals surface area contributed by atoms with Crippen LogP contribution < -0.4 is 0 Å². The molecule has 46 valence electrons. The third kappa shape index (κ3) is 69.8. The minimum absolute atomic E-state index is 0. The Morgan fingerprint density at radius 2 is 1.29 bits per heavy atom. The Kier molecular flexibility index (Phi) is 14.2. The Hall–Kier alpha value is 2.06. The number of hydrogen-bond acceptors (Lipinski definition) is 1. The molecule has 0 aliphatic rings. The minimum atomic E-state index is -4.64. The van der Waals surface area contributed by atoms with Gasteiger partial charge in [-0.15, -0.1) is 0 Å². The van der Waals surface area contributed by atoms with E-state index in [1.807, 2.05) is 0 Å². The zero-order valence-electron chi connectivity index (χ0n) is 5.22. The predicted octanol–water partition coefficient (Wildman–Crippen LogP) is -1.09. The summed E-state index contributed by atoms with van der Waals surface area (Å²) in [5.74, 6) is 0. The second kappa shape index (κ2) is 6.18. The van der Waals surface area contributed by atoms with Crippen molar-refractivity contribution < 1.29 is 43.2 Å². The number of rotatable bonds is 0. The normalized spacial score (nSPS) is 8.43. The maximum Gasteiger partial charge on any atom is 2.00 e. The summed E-state index contributed by atoms with van der Waals surface area (Å²) in [6.45, 7) is 0. The molecule has 0 bridgehead atoms. The van der Waals surface area contributed by atoms with Crippen molar-refractivity contribution in [2.45, 2.75) is 0 Å². The van der Waals surface area contributed by atoms with Gasteiger partial charge in [0.25, 0.3) is 0 Å². The first-order valence-electron chi connectivity index (χ1n) is 0.783. The van der Waals surface area contributed by atoms with E-state index in [1.165, 1.54) is 0 Å². The van der Waals surface area contributed by atoms with E-state index >= 15 is 0 Å². The molecule has 0 saturated heterocycles. The van der Waals surface area contributed by atoms with E-state index in [-0.39, 0.29) is 61.7 Å². The molecule has 0 atom stereocenters. The molecule has 0 rings (SSSR count). The van der Waals surface area contributed by atoms with Gasteiger partial charge in [0.2, 0.25) is 0 Å². The Morgan fingerprint density at radius 1 is 1.29 bits per heavy atom. The minimum Gasteiger partial charge on any atom is -1.00 e. The van der Waals surface area contributed by atoms with Crippen LogP contribution in [0.1, 0.15) is 2.85 Å². The molecule has 7 heteroatoms. The molecule has 0 aliphatic carbocycles. The quantitative estimate of drug-likeness (QED) is 0.389. The fourth-order valence-electron chi connectivity index (χ4n) is 0. The largest absolute Gasteiger partial charge is 2.00 e. The van der Waals surface area contributed by atoms with Gasteiger partial charge in [-0.05, 0) is 0 Å². The van der Waals surface area contributed by atoms with E-state index in [0.29, 0.717) is 0 Å². The van der Waals surface area contributed by atoms with Crippen LogP contribution in [0.2, 0.25) is 0 Å². The molecule has 0 heterocycles. The molecule has 0 spiro atoms. The number of phosphoric acid groups is 1. The van der Waals surface area contributed by atoms with Gasteiger partial charge in [0.15, 0.2) is 0 Å². The van der Waals surface area contributed by atoms with Gasteiger partial charge in [0, 0.05) is 21.1 Å². The van der Waals surface area contributed by atoms with Crippen LogP contribution in [0, 0.1) is 0 Å². The van der Waals surface area contributed by atoms with E-state index in [9.17, 15) is 0 Å². The van der Waals surface area contributed by atoms with Crippen LogP contribution in [0.5, 0.6) is 0 Å². The Bertz CT molecular complexity index is 64.7. The van der Waals surface area contributed by atoms with Crippen molar-refractivity contribution >= 4 is 45.6 Å². The van der Waals surface area contributed by atoms with E-state index in [4.69, 9.17) is 19.2 Å². The van der Waals surface area contributed by atoms with Crippen molar-refractivity contribution in [1.82, 2.24) is 0 Å². The van der Waals surface area contributed by atoms with Gasteiger partial charge in [0.1, 0.15) is 0 Å². The zero-order valence-corrected chi connectivity index (χ0v) is 8.60. The predicted molar refractivity (Wildman–Crippen MR) is 22.2 cm³/mol. The standard InChI is InChI=1S/Ca.H3O4P.Pt.2H/c;1-5(2,3)4;;;/h;(H3,1,2,3,4);;;/q+2;;;2*-1. The average molecular weight is 335 g/mol. The fraction of sp³-hybridized carbons (Fsp3) is 0. The second-order valence-corrected chi connectivity index (χ2v) is 1.54. The molecule has 0 saturated carbocycles. The van der Waals surface area contributed by atoms with E-state index in [0.717, 1.165) is 0 Å². The molecule has 3 N–H and O–H groups in total. The molecule has 0 aromatic heterocycles. The van der Waals surface area contributed by atoms with Crippen LogP contribution >= 0.6 is 7.82 Å². The van der Waals surface area contributed by atoms with Crippen LogP contribution in [0.15, 0.2) is 0 Å². The van der Waals surface area contributed by atoms with E-state index in [1.54, 1.807) is 0 Å². The second-order valence-electron chi connectivity index (χ2n) is 0.513. The third-order valence-electron chi connectivity index (χ3n) is 0. The van der Waals surface area contributed by atoms with Crippen LogP contribution in [0.3, 0.4) is 0 Å². The first-order valence-corrected chi connectivity index (χ1v) is 2.35. The molecule has 4 nitrogen and oxygen atoms in total. The molecular formula is H5CaO4PPt. The fourth-order valence-corrected chi connectivity index (χ4v) is 0. The Morgan fingerprint density at radius 3 is 1.29 bits per heavy atom. The summed E-state index contributed by atoms with van der Waals surface area (Å²) in [4.78, 5) is 21.6. The molecule has 0 amide bonds. The zero-order chi connectivity index (χ0) is 4.50. The first kappa shape index (κ1) is 16.0. The van der Waals surface area contributed by atoms with Gasteiger partial charge >= 0.3 is 45.6 Å². The Balaban J connectivity index is -0.0000000133. The maximum atomic E-state index is 8.88. The van der Waals surface area contributed by atoms with Crippen LogP contribution in [-0.2, 0) is 25.6 Å². The van der Waals surface area contributed by atoms with Crippen molar-refractivity contribution in [1.29, 1.82) is 0 Å². The van der Waals surface area contributed by atoms with Crippen LogP contribution in [0.25, 0.3) is 0 Å². The maximum absolute atomic E-state index is 8.88. The number of hydrogen-bond donors (Lipinski definition) is 3. The molecule has 0 radical (unpaired) electrons. The average Bonchev–Trinajstić information content (AvgIpc) is 0.722. The van der Waals surface area contributed by atoms with Crippen LogP contribution in [-0.4, -0.2) is 52.4 Å². The summed E-state index contributed by atoms with van der Waals surface area (Å²) in [5.41, 5.74) is 0. The van der Waals surface area contributed by atoms with Crippen molar-refractivity contribution in [2.24, 2.45) is 0 Å². The summed E-state index contributed by atoms with van der Waals surface area (Å²) in [5, 5.41) is 0. The summed E-state index contributed by atoms with van der Waals surface area (Å²) < 4.78 is 8.88. The van der Waals surface area contributed by atoms with Gasteiger partial charge in [-0.2, -0.15) is 0 Å². The van der Waals surface area contributed by atoms with E-state index in [2.05, 4.69) is 0 Å². The molecule has 0 aliphatic heterocycles. The smallest absolute Gasteiger partial charge is 1.00 e. The third-order valence-corrected chi connectivity index (χ3v) is 0. The van der Waals surface area contributed by atoms with E-state index < -0.39 is 7.82 Å². The molecule has 0 aromatic carbocycles. The summed E-state index contributed by atoms with van der Waals surface area (Å²) in [6.07, 6.45) is 0. The summed E-state index contributed by atoms with van der Waals surface area (Å²) in [6, 6.07) is 0. The molecule has 7 heavy (non-hydrogen) atoms. The van der Waals surface area contributed by atoms with Gasteiger partial charge in [-0.1, -0.05) is 0 Å². The molecular weight excluding hydrogens is 330 g/mol. The van der Waals surface area contributed by atoms with Gasteiger partial charge < -0.3 is 17.5 Å². The SMILES string of the molecule is O=P(O)(O)O.[Ca+2].[H-].[H-].[Pt].